The smallest absolute Gasteiger partial charge is 0.314 e. The monoisotopic (exact) mass is 298 g/mol. The van der Waals surface area contributed by atoms with E-state index >= 15 is 0 Å². The van der Waals surface area contributed by atoms with Crippen LogP contribution in [0.15, 0.2) is 28.7 Å². The Morgan fingerprint density at radius 2 is 1.88 bits per heavy atom. The number of aliphatic carboxylic acids is 1. The van der Waals surface area contributed by atoms with Crippen molar-refractivity contribution in [2.45, 2.75) is 44.9 Å². The molecule has 17 heavy (non-hydrogen) atoms. The van der Waals surface area contributed by atoms with E-state index in [1.165, 1.54) is 0 Å². The van der Waals surface area contributed by atoms with Gasteiger partial charge >= 0.3 is 5.97 Å². The predicted octanol–water partition coefficient (Wildman–Crippen LogP) is 4.37. The number of rotatable bonds is 6. The molecular weight excluding hydrogens is 280 g/mol. The van der Waals surface area contributed by atoms with Gasteiger partial charge in [0.25, 0.3) is 0 Å². The maximum atomic E-state index is 11.7. The molecule has 1 aromatic carbocycles. The van der Waals surface area contributed by atoms with Gasteiger partial charge in [-0.3, -0.25) is 4.79 Å². The van der Waals surface area contributed by atoms with Crippen molar-refractivity contribution >= 4 is 21.9 Å². The number of carboxylic acids is 1. The molecule has 0 aliphatic rings. The van der Waals surface area contributed by atoms with E-state index in [4.69, 9.17) is 0 Å². The first-order chi connectivity index (χ1) is 8.06. The molecule has 0 spiro atoms. The van der Waals surface area contributed by atoms with Gasteiger partial charge in [-0.15, -0.1) is 0 Å². The molecule has 0 heterocycles. The van der Waals surface area contributed by atoms with Gasteiger partial charge < -0.3 is 5.11 Å². The zero-order chi connectivity index (χ0) is 12.9. The molecule has 0 aliphatic heterocycles. The minimum Gasteiger partial charge on any atom is -0.481 e. The van der Waals surface area contributed by atoms with Gasteiger partial charge in [-0.25, -0.2) is 0 Å². The second-order valence-corrected chi connectivity index (χ2v) is 5.31. The molecule has 2 nitrogen and oxygen atoms in total. The summed E-state index contributed by atoms with van der Waals surface area (Å²) in [6.07, 6.45) is 3.12. The fourth-order valence-corrected chi connectivity index (χ4v) is 2.79. The summed E-state index contributed by atoms with van der Waals surface area (Å²) in [5, 5.41) is 9.61. The van der Waals surface area contributed by atoms with Crippen molar-refractivity contribution in [3.8, 4) is 0 Å². The van der Waals surface area contributed by atoms with E-state index in [0.717, 1.165) is 22.9 Å². The highest BCUT2D eigenvalue weighted by atomic mass is 79.9. The molecule has 3 heteroatoms. The molecule has 0 atom stereocenters. The second kappa shape index (κ2) is 6.20. The van der Waals surface area contributed by atoms with Crippen LogP contribution in [-0.4, -0.2) is 11.1 Å². The average Bonchev–Trinajstić information content (AvgIpc) is 2.28. The Labute approximate surface area is 111 Å². The first-order valence-electron chi connectivity index (χ1n) is 6.06. The minimum atomic E-state index is -0.729. The van der Waals surface area contributed by atoms with Crippen LogP contribution in [0.5, 0.6) is 0 Å². The number of benzene rings is 1. The van der Waals surface area contributed by atoms with Crippen molar-refractivity contribution < 1.29 is 9.90 Å². The lowest BCUT2D eigenvalue weighted by atomic mass is 9.73. The van der Waals surface area contributed by atoms with Crippen molar-refractivity contribution in [3.05, 3.63) is 34.3 Å². The topological polar surface area (TPSA) is 37.3 Å². The number of halogens is 1. The van der Waals surface area contributed by atoms with Crippen LogP contribution in [0.3, 0.4) is 0 Å². The number of carboxylic acid groups (broad SMARTS) is 1. The molecule has 0 aliphatic carbocycles. The zero-order valence-corrected chi connectivity index (χ0v) is 12.0. The Morgan fingerprint density at radius 1 is 1.29 bits per heavy atom. The first-order valence-corrected chi connectivity index (χ1v) is 6.85. The van der Waals surface area contributed by atoms with Gasteiger partial charge in [-0.1, -0.05) is 54.8 Å². The van der Waals surface area contributed by atoms with Crippen molar-refractivity contribution in [3.63, 3.8) is 0 Å². The fraction of sp³-hybridized carbons (Fsp3) is 0.500. The lowest BCUT2D eigenvalue weighted by molar-refractivity contribution is -0.144. The summed E-state index contributed by atoms with van der Waals surface area (Å²) in [6.45, 7) is 4.07. The Morgan fingerprint density at radius 3 is 2.29 bits per heavy atom. The number of hydrogen-bond donors (Lipinski definition) is 1. The van der Waals surface area contributed by atoms with Crippen LogP contribution < -0.4 is 0 Å². The largest absolute Gasteiger partial charge is 0.481 e. The van der Waals surface area contributed by atoms with Gasteiger partial charge in [0.2, 0.25) is 0 Å². The van der Waals surface area contributed by atoms with Gasteiger partial charge in [0, 0.05) is 4.47 Å². The van der Waals surface area contributed by atoms with Gasteiger partial charge in [0.05, 0.1) is 5.41 Å². The van der Waals surface area contributed by atoms with Crippen LogP contribution in [0.25, 0.3) is 0 Å². The predicted molar refractivity (Wildman–Crippen MR) is 73.3 cm³/mol. The standard InChI is InChI=1S/C14H19BrO2/c1-3-8-14(9-4-2,13(16)17)11-6-5-7-12(15)10-11/h5-7,10H,3-4,8-9H2,1-2H3,(H,16,17). The van der Waals surface area contributed by atoms with Crippen LogP contribution in [0.2, 0.25) is 0 Å². The Hall–Kier alpha value is -0.830. The summed E-state index contributed by atoms with van der Waals surface area (Å²) in [5.41, 5.74) is 0.177. The average molecular weight is 299 g/mol. The van der Waals surface area contributed by atoms with Crippen molar-refractivity contribution in [2.24, 2.45) is 0 Å². The van der Waals surface area contributed by atoms with Crippen LogP contribution >= 0.6 is 15.9 Å². The molecule has 0 aromatic heterocycles. The van der Waals surface area contributed by atoms with Crippen LogP contribution in [0, 0.1) is 0 Å². The van der Waals surface area contributed by atoms with E-state index in [1.54, 1.807) is 0 Å². The number of hydrogen-bond acceptors (Lipinski definition) is 1. The van der Waals surface area contributed by atoms with Crippen molar-refractivity contribution in [1.29, 1.82) is 0 Å². The van der Waals surface area contributed by atoms with E-state index in [9.17, 15) is 9.90 Å². The lowest BCUT2D eigenvalue weighted by Gasteiger charge is -2.29. The Balaban J connectivity index is 3.24. The maximum Gasteiger partial charge on any atom is 0.314 e. The van der Waals surface area contributed by atoms with E-state index in [-0.39, 0.29) is 0 Å². The summed E-state index contributed by atoms with van der Waals surface area (Å²) in [5.74, 6) is -0.709. The van der Waals surface area contributed by atoms with Crippen LogP contribution in [-0.2, 0) is 10.2 Å². The second-order valence-electron chi connectivity index (χ2n) is 4.40. The lowest BCUT2D eigenvalue weighted by Crippen LogP contribution is -2.35. The van der Waals surface area contributed by atoms with Gasteiger partial charge in [-0.2, -0.15) is 0 Å². The van der Waals surface area contributed by atoms with Crippen molar-refractivity contribution in [2.75, 3.05) is 0 Å². The summed E-state index contributed by atoms with van der Waals surface area (Å²) in [4.78, 5) is 11.7. The van der Waals surface area contributed by atoms with E-state index in [2.05, 4.69) is 15.9 Å². The fourth-order valence-electron chi connectivity index (χ4n) is 2.39. The van der Waals surface area contributed by atoms with E-state index < -0.39 is 11.4 Å². The summed E-state index contributed by atoms with van der Waals surface area (Å²) < 4.78 is 0.938. The molecule has 0 saturated carbocycles. The molecule has 0 radical (unpaired) electrons. The summed E-state index contributed by atoms with van der Waals surface area (Å²) in [6, 6.07) is 7.68. The highest BCUT2D eigenvalue weighted by Gasteiger charge is 2.38. The zero-order valence-electron chi connectivity index (χ0n) is 10.4. The molecule has 0 saturated heterocycles. The normalized spacial score (nSPS) is 11.5. The highest BCUT2D eigenvalue weighted by molar-refractivity contribution is 9.10. The third-order valence-electron chi connectivity index (χ3n) is 3.14. The highest BCUT2D eigenvalue weighted by Crippen LogP contribution is 2.35. The van der Waals surface area contributed by atoms with Gasteiger partial charge in [0.15, 0.2) is 0 Å². The quantitative estimate of drug-likeness (QED) is 0.846. The van der Waals surface area contributed by atoms with Gasteiger partial charge in [-0.05, 0) is 30.5 Å². The van der Waals surface area contributed by atoms with Crippen molar-refractivity contribution in [1.82, 2.24) is 0 Å². The SMILES string of the molecule is CCCC(CCC)(C(=O)O)c1cccc(Br)c1. The molecule has 0 amide bonds. The third-order valence-corrected chi connectivity index (χ3v) is 3.63. The molecule has 1 aromatic rings. The van der Waals surface area contributed by atoms with Crippen LogP contribution in [0.1, 0.15) is 45.1 Å². The molecule has 0 bridgehead atoms. The molecule has 94 valence electrons. The molecule has 1 rings (SSSR count). The summed E-state index contributed by atoms with van der Waals surface area (Å²) in [7, 11) is 0. The molecular formula is C14H19BrO2. The first kappa shape index (κ1) is 14.2. The molecule has 0 unspecified atom stereocenters. The van der Waals surface area contributed by atoms with E-state index in [1.807, 2.05) is 38.1 Å². The van der Waals surface area contributed by atoms with Crippen LogP contribution in [0.4, 0.5) is 0 Å². The maximum absolute atomic E-state index is 11.7. The Bertz CT molecular complexity index is 382. The van der Waals surface area contributed by atoms with E-state index in [0.29, 0.717) is 12.8 Å². The third kappa shape index (κ3) is 3.09. The van der Waals surface area contributed by atoms with Gasteiger partial charge in [0.1, 0.15) is 0 Å². The molecule has 0 fully saturated rings. The molecule has 1 N–H and O–H groups in total. The summed E-state index contributed by atoms with van der Waals surface area (Å²) >= 11 is 3.41. The minimum absolute atomic E-state index is 0.687. The number of carbonyl (C=O) groups is 1. The Kier molecular flexibility index (Phi) is 5.19.